The van der Waals surface area contributed by atoms with Crippen molar-refractivity contribution in [1.82, 2.24) is 5.32 Å². The van der Waals surface area contributed by atoms with E-state index >= 15 is 0 Å². The van der Waals surface area contributed by atoms with Gasteiger partial charge in [-0.3, -0.25) is 0 Å². The third kappa shape index (κ3) is 2.86. The largest absolute Gasteiger partial charge is 0.310 e. The molecule has 1 atom stereocenters. The van der Waals surface area contributed by atoms with Gasteiger partial charge < -0.3 is 5.32 Å². The van der Waals surface area contributed by atoms with Crippen molar-refractivity contribution >= 4 is 11.8 Å². The summed E-state index contributed by atoms with van der Waals surface area (Å²) in [5, 5.41) is 3.61. The molecule has 2 rings (SSSR count). The number of hydrogen-bond donors (Lipinski definition) is 1. The highest BCUT2D eigenvalue weighted by Gasteiger charge is 2.22. The maximum Gasteiger partial charge on any atom is 0.0339 e. The summed E-state index contributed by atoms with van der Waals surface area (Å²) in [6.45, 7) is 10.1. The second-order valence-corrected chi connectivity index (χ2v) is 6.89. The molecule has 17 heavy (non-hydrogen) atoms. The average Bonchev–Trinajstić information content (AvgIpc) is 2.28. The van der Waals surface area contributed by atoms with Crippen LogP contribution in [0, 0.1) is 0 Å². The smallest absolute Gasteiger partial charge is 0.0339 e. The number of benzene rings is 1. The molecule has 0 saturated carbocycles. The van der Waals surface area contributed by atoms with Gasteiger partial charge in [-0.1, -0.05) is 39.8 Å². The Kier molecular flexibility index (Phi) is 3.84. The van der Waals surface area contributed by atoms with E-state index in [1.165, 1.54) is 28.2 Å². The predicted octanol–water partition coefficient (Wildman–Crippen LogP) is 4.13. The van der Waals surface area contributed by atoms with Gasteiger partial charge in [0.05, 0.1) is 0 Å². The van der Waals surface area contributed by atoms with Gasteiger partial charge in [-0.25, -0.2) is 0 Å². The normalized spacial score (nSPS) is 20.1. The summed E-state index contributed by atoms with van der Waals surface area (Å²) < 4.78 is 0. The summed E-state index contributed by atoms with van der Waals surface area (Å²) in [5.41, 5.74) is 3.20. The SMILES string of the molecule is CCNC1CCSc2ccc(C(C)(C)C)cc21. The lowest BCUT2D eigenvalue weighted by atomic mass is 9.85. The topological polar surface area (TPSA) is 12.0 Å². The molecule has 1 nitrogen and oxygen atoms in total. The highest BCUT2D eigenvalue weighted by atomic mass is 32.2. The van der Waals surface area contributed by atoms with Crippen molar-refractivity contribution in [3.05, 3.63) is 29.3 Å². The number of thioether (sulfide) groups is 1. The Bertz CT molecular complexity index is 392. The summed E-state index contributed by atoms with van der Waals surface area (Å²) in [5.74, 6) is 1.24. The fourth-order valence-electron chi connectivity index (χ4n) is 2.32. The molecule has 1 aromatic carbocycles. The minimum absolute atomic E-state index is 0.244. The fraction of sp³-hybridized carbons (Fsp3) is 0.600. The van der Waals surface area contributed by atoms with E-state index in [1.807, 2.05) is 11.8 Å². The van der Waals surface area contributed by atoms with Crippen LogP contribution in [0.4, 0.5) is 0 Å². The number of hydrogen-bond acceptors (Lipinski definition) is 2. The van der Waals surface area contributed by atoms with Gasteiger partial charge in [0, 0.05) is 10.9 Å². The Morgan fingerprint density at radius 2 is 2.12 bits per heavy atom. The summed E-state index contributed by atoms with van der Waals surface area (Å²) >= 11 is 2.00. The van der Waals surface area contributed by atoms with Crippen LogP contribution < -0.4 is 5.32 Å². The molecule has 1 aliphatic rings. The zero-order chi connectivity index (χ0) is 12.5. The van der Waals surface area contributed by atoms with Crippen LogP contribution in [0.25, 0.3) is 0 Å². The third-order valence-corrected chi connectivity index (χ3v) is 4.49. The van der Waals surface area contributed by atoms with Gasteiger partial charge in [-0.2, -0.15) is 0 Å². The molecule has 0 radical (unpaired) electrons. The van der Waals surface area contributed by atoms with Crippen LogP contribution in [0.15, 0.2) is 23.1 Å². The maximum absolute atomic E-state index is 3.61. The molecule has 0 aliphatic carbocycles. The predicted molar refractivity (Wildman–Crippen MR) is 76.9 cm³/mol. The fourth-order valence-corrected chi connectivity index (χ4v) is 3.42. The van der Waals surface area contributed by atoms with E-state index < -0.39 is 0 Å². The van der Waals surface area contributed by atoms with Crippen LogP contribution in [0.1, 0.15) is 51.3 Å². The first-order valence-electron chi connectivity index (χ1n) is 6.53. The van der Waals surface area contributed by atoms with Crippen LogP contribution in [0.2, 0.25) is 0 Å². The van der Waals surface area contributed by atoms with Gasteiger partial charge in [0.1, 0.15) is 0 Å². The molecule has 0 amide bonds. The Morgan fingerprint density at radius 1 is 1.35 bits per heavy atom. The Morgan fingerprint density at radius 3 is 2.76 bits per heavy atom. The second-order valence-electron chi connectivity index (χ2n) is 5.75. The average molecular weight is 249 g/mol. The highest BCUT2D eigenvalue weighted by molar-refractivity contribution is 7.99. The molecular weight excluding hydrogens is 226 g/mol. The van der Waals surface area contributed by atoms with Crippen LogP contribution in [-0.2, 0) is 5.41 Å². The second kappa shape index (κ2) is 5.03. The molecule has 0 saturated heterocycles. The zero-order valence-electron chi connectivity index (χ0n) is 11.3. The van der Waals surface area contributed by atoms with Crippen molar-refractivity contribution in [2.45, 2.75) is 50.5 Å². The maximum atomic E-state index is 3.61. The molecule has 1 heterocycles. The van der Waals surface area contributed by atoms with Crippen LogP contribution in [0.5, 0.6) is 0 Å². The molecule has 0 aromatic heterocycles. The first-order chi connectivity index (χ1) is 8.02. The number of rotatable bonds is 2. The lowest BCUT2D eigenvalue weighted by Crippen LogP contribution is -2.25. The third-order valence-electron chi connectivity index (χ3n) is 3.37. The molecule has 2 heteroatoms. The van der Waals surface area contributed by atoms with Crippen molar-refractivity contribution in [3.8, 4) is 0 Å². The number of nitrogens with one attached hydrogen (secondary N) is 1. The van der Waals surface area contributed by atoms with Crippen molar-refractivity contribution in [1.29, 1.82) is 0 Å². The van der Waals surface area contributed by atoms with E-state index in [-0.39, 0.29) is 5.41 Å². The Hall–Kier alpha value is -0.470. The summed E-state index contributed by atoms with van der Waals surface area (Å²) in [6.07, 6.45) is 1.25. The van der Waals surface area contributed by atoms with Crippen molar-refractivity contribution in [2.75, 3.05) is 12.3 Å². The summed E-state index contributed by atoms with van der Waals surface area (Å²) in [4.78, 5) is 1.47. The van der Waals surface area contributed by atoms with Crippen molar-refractivity contribution in [2.24, 2.45) is 0 Å². The van der Waals surface area contributed by atoms with E-state index in [2.05, 4.69) is 51.2 Å². The molecule has 1 unspecified atom stereocenters. The molecule has 1 N–H and O–H groups in total. The van der Waals surface area contributed by atoms with E-state index in [0.29, 0.717) is 6.04 Å². The van der Waals surface area contributed by atoms with E-state index in [1.54, 1.807) is 0 Å². The van der Waals surface area contributed by atoms with E-state index in [9.17, 15) is 0 Å². The quantitative estimate of drug-likeness (QED) is 0.846. The van der Waals surface area contributed by atoms with Crippen molar-refractivity contribution < 1.29 is 0 Å². The summed E-state index contributed by atoms with van der Waals surface area (Å²) in [7, 11) is 0. The van der Waals surface area contributed by atoms with E-state index in [4.69, 9.17) is 0 Å². The highest BCUT2D eigenvalue weighted by Crippen LogP contribution is 2.38. The first kappa shape index (κ1) is 13.0. The Balaban J connectivity index is 2.37. The van der Waals surface area contributed by atoms with E-state index in [0.717, 1.165) is 6.54 Å². The standard InChI is InChI=1S/C15H23NS/c1-5-16-13-8-9-17-14-7-6-11(10-12(13)14)15(2,3)4/h6-7,10,13,16H,5,8-9H2,1-4H3. The zero-order valence-corrected chi connectivity index (χ0v) is 12.2. The summed E-state index contributed by atoms with van der Waals surface area (Å²) in [6, 6.07) is 7.57. The minimum Gasteiger partial charge on any atom is -0.310 e. The van der Waals surface area contributed by atoms with Gasteiger partial charge in [0.25, 0.3) is 0 Å². The minimum atomic E-state index is 0.244. The Labute approximate surface area is 109 Å². The molecule has 0 bridgehead atoms. The first-order valence-corrected chi connectivity index (χ1v) is 7.51. The number of fused-ring (bicyclic) bond motifs is 1. The molecule has 1 aliphatic heterocycles. The van der Waals surface area contributed by atoms with Gasteiger partial charge in [-0.05, 0) is 41.3 Å². The molecular formula is C15H23NS. The molecule has 0 fully saturated rings. The lowest BCUT2D eigenvalue weighted by Gasteiger charge is -2.28. The van der Waals surface area contributed by atoms with Crippen LogP contribution in [0.3, 0.4) is 0 Å². The van der Waals surface area contributed by atoms with Crippen LogP contribution >= 0.6 is 11.8 Å². The van der Waals surface area contributed by atoms with Gasteiger partial charge in [-0.15, -0.1) is 11.8 Å². The monoisotopic (exact) mass is 249 g/mol. The molecule has 0 spiro atoms. The van der Waals surface area contributed by atoms with Crippen LogP contribution in [-0.4, -0.2) is 12.3 Å². The van der Waals surface area contributed by atoms with Gasteiger partial charge >= 0.3 is 0 Å². The van der Waals surface area contributed by atoms with Gasteiger partial charge in [0.2, 0.25) is 0 Å². The van der Waals surface area contributed by atoms with Crippen molar-refractivity contribution in [3.63, 3.8) is 0 Å². The van der Waals surface area contributed by atoms with Gasteiger partial charge in [0.15, 0.2) is 0 Å². The molecule has 1 aromatic rings. The molecule has 94 valence electrons. The lowest BCUT2D eigenvalue weighted by molar-refractivity contribution is 0.522.